The molecule has 0 N–H and O–H groups in total. The molecule has 0 saturated carbocycles. The van der Waals surface area contributed by atoms with Crippen LogP contribution in [0.2, 0.25) is 0 Å². The van der Waals surface area contributed by atoms with Crippen LogP contribution in [0.5, 0.6) is 5.75 Å². The summed E-state index contributed by atoms with van der Waals surface area (Å²) in [5, 5.41) is 0. The summed E-state index contributed by atoms with van der Waals surface area (Å²) < 4.78 is 18.9. The second-order valence-corrected chi connectivity index (χ2v) is 5.51. The van der Waals surface area contributed by atoms with Crippen LogP contribution < -0.4 is 4.74 Å². The van der Waals surface area contributed by atoms with Crippen molar-refractivity contribution >= 4 is 11.8 Å². The second-order valence-electron chi connectivity index (χ2n) is 3.91. The normalized spacial score (nSPS) is 24.7. The van der Waals surface area contributed by atoms with Gasteiger partial charge in [0.15, 0.2) is 11.6 Å². The summed E-state index contributed by atoms with van der Waals surface area (Å²) in [7, 11) is 0. The first-order valence-electron chi connectivity index (χ1n) is 5.22. The summed E-state index contributed by atoms with van der Waals surface area (Å²) in [6.45, 7) is 4.52. The maximum atomic E-state index is 13.6. The summed E-state index contributed by atoms with van der Waals surface area (Å²) in [4.78, 5) is 0. The monoisotopic (exact) mass is 226 g/mol. The van der Waals surface area contributed by atoms with Crippen molar-refractivity contribution in [1.82, 2.24) is 0 Å². The Morgan fingerprint density at radius 1 is 1.53 bits per heavy atom. The smallest absolute Gasteiger partial charge is 0.165 e. The Balaban J connectivity index is 2.25. The topological polar surface area (TPSA) is 9.23 Å². The molecule has 3 heteroatoms. The van der Waals surface area contributed by atoms with Crippen molar-refractivity contribution in [3.63, 3.8) is 0 Å². The maximum Gasteiger partial charge on any atom is 0.165 e. The Kier molecular flexibility index (Phi) is 2.91. The van der Waals surface area contributed by atoms with Gasteiger partial charge >= 0.3 is 0 Å². The predicted octanol–water partition coefficient (Wildman–Crippen LogP) is 3.58. The Morgan fingerprint density at radius 2 is 2.27 bits per heavy atom. The molecule has 82 valence electrons. The van der Waals surface area contributed by atoms with Gasteiger partial charge in [0.25, 0.3) is 0 Å². The molecule has 1 fully saturated rings. The summed E-state index contributed by atoms with van der Waals surface area (Å²) in [6.07, 6.45) is 1.13. The number of benzene rings is 1. The molecule has 1 aliphatic rings. The van der Waals surface area contributed by atoms with E-state index in [4.69, 9.17) is 4.74 Å². The first-order valence-corrected chi connectivity index (χ1v) is 6.21. The average Bonchev–Trinajstić information content (AvgIpc) is 2.18. The Morgan fingerprint density at radius 3 is 2.73 bits per heavy atom. The second kappa shape index (κ2) is 4.05. The van der Waals surface area contributed by atoms with Crippen LogP contribution in [0.25, 0.3) is 0 Å². The maximum absolute atomic E-state index is 13.6. The predicted molar refractivity (Wildman–Crippen MR) is 62.0 cm³/mol. The van der Waals surface area contributed by atoms with Gasteiger partial charge in [-0.3, -0.25) is 0 Å². The van der Waals surface area contributed by atoms with E-state index in [-0.39, 0.29) is 10.6 Å². The van der Waals surface area contributed by atoms with Crippen molar-refractivity contribution in [2.24, 2.45) is 0 Å². The molecule has 0 spiro atoms. The molecule has 0 bridgehead atoms. The number of hydrogen-bond donors (Lipinski definition) is 0. The quantitative estimate of drug-likeness (QED) is 0.779. The summed E-state index contributed by atoms with van der Waals surface area (Å²) in [6, 6.07) is 5.32. The molecule has 2 rings (SSSR count). The van der Waals surface area contributed by atoms with Gasteiger partial charge in [0, 0.05) is 4.75 Å². The molecule has 1 unspecified atom stereocenters. The van der Waals surface area contributed by atoms with Gasteiger partial charge in [-0.05, 0) is 43.7 Å². The van der Waals surface area contributed by atoms with Crippen LogP contribution in [0.3, 0.4) is 0 Å². The Labute approximate surface area is 94.0 Å². The van der Waals surface area contributed by atoms with Gasteiger partial charge in [-0.25, -0.2) is 4.39 Å². The van der Waals surface area contributed by atoms with E-state index in [9.17, 15) is 4.39 Å². The van der Waals surface area contributed by atoms with Crippen LogP contribution in [0.15, 0.2) is 18.2 Å². The third-order valence-corrected chi connectivity index (χ3v) is 4.33. The number of halogens is 1. The highest BCUT2D eigenvalue weighted by Crippen LogP contribution is 2.49. The lowest BCUT2D eigenvalue weighted by Gasteiger charge is -2.38. The number of hydrogen-bond acceptors (Lipinski definition) is 2. The fourth-order valence-electron chi connectivity index (χ4n) is 1.74. The molecule has 1 atom stereocenters. The Hall–Kier alpha value is -0.700. The first-order chi connectivity index (χ1) is 7.15. The SMILES string of the molecule is CCOc1ccc(C2(C)CCS2)cc1F. The van der Waals surface area contributed by atoms with Gasteiger partial charge in [-0.2, -0.15) is 11.8 Å². The summed E-state index contributed by atoms with van der Waals surface area (Å²) in [5.74, 6) is 1.28. The largest absolute Gasteiger partial charge is 0.491 e. The van der Waals surface area contributed by atoms with Crippen LogP contribution in [0, 0.1) is 5.82 Å². The van der Waals surface area contributed by atoms with E-state index >= 15 is 0 Å². The molecule has 1 aromatic rings. The fraction of sp³-hybridized carbons (Fsp3) is 0.500. The molecule has 1 aliphatic heterocycles. The lowest BCUT2D eigenvalue weighted by Crippen LogP contribution is -2.27. The van der Waals surface area contributed by atoms with Crippen LogP contribution in [-0.2, 0) is 4.75 Å². The van der Waals surface area contributed by atoms with E-state index in [1.807, 2.05) is 24.8 Å². The lowest BCUT2D eigenvalue weighted by molar-refractivity contribution is 0.321. The van der Waals surface area contributed by atoms with Crippen LogP contribution >= 0.6 is 11.8 Å². The summed E-state index contributed by atoms with van der Waals surface area (Å²) >= 11 is 1.88. The van der Waals surface area contributed by atoms with Crippen molar-refractivity contribution in [2.45, 2.75) is 25.0 Å². The minimum atomic E-state index is -0.247. The molecule has 0 aromatic heterocycles. The van der Waals surface area contributed by atoms with Crippen molar-refractivity contribution in [3.05, 3.63) is 29.6 Å². The average molecular weight is 226 g/mol. The fourth-order valence-corrected chi connectivity index (χ4v) is 2.85. The molecule has 1 saturated heterocycles. The van der Waals surface area contributed by atoms with Gasteiger partial charge in [0.2, 0.25) is 0 Å². The van der Waals surface area contributed by atoms with Crippen molar-refractivity contribution in [2.75, 3.05) is 12.4 Å². The van der Waals surface area contributed by atoms with Crippen LogP contribution in [-0.4, -0.2) is 12.4 Å². The highest BCUT2D eigenvalue weighted by atomic mass is 32.2. The minimum absolute atomic E-state index is 0.117. The van der Waals surface area contributed by atoms with E-state index in [2.05, 4.69) is 6.92 Å². The zero-order chi connectivity index (χ0) is 10.9. The van der Waals surface area contributed by atoms with Crippen molar-refractivity contribution in [1.29, 1.82) is 0 Å². The van der Waals surface area contributed by atoms with Gasteiger partial charge in [-0.1, -0.05) is 6.07 Å². The van der Waals surface area contributed by atoms with Crippen LogP contribution in [0.1, 0.15) is 25.8 Å². The molecule has 0 aliphatic carbocycles. The third kappa shape index (κ3) is 1.98. The number of ether oxygens (including phenoxy) is 1. The highest BCUT2D eigenvalue weighted by Gasteiger charge is 2.34. The molecule has 15 heavy (non-hydrogen) atoms. The molecule has 1 nitrogen and oxygen atoms in total. The minimum Gasteiger partial charge on any atom is -0.491 e. The zero-order valence-corrected chi connectivity index (χ0v) is 9.86. The van der Waals surface area contributed by atoms with Gasteiger partial charge < -0.3 is 4.74 Å². The molecule has 1 aromatic carbocycles. The van der Waals surface area contributed by atoms with Crippen molar-refractivity contribution < 1.29 is 9.13 Å². The van der Waals surface area contributed by atoms with E-state index in [1.165, 1.54) is 5.75 Å². The van der Waals surface area contributed by atoms with Gasteiger partial charge in [0.1, 0.15) is 0 Å². The standard InChI is InChI=1S/C12H15FOS/c1-3-14-11-5-4-9(8-10(11)13)12(2)6-7-15-12/h4-5,8H,3,6-7H2,1-2H3. The van der Waals surface area contributed by atoms with Gasteiger partial charge in [-0.15, -0.1) is 0 Å². The van der Waals surface area contributed by atoms with E-state index in [0.29, 0.717) is 12.4 Å². The molecule has 0 amide bonds. The molecule has 0 radical (unpaired) electrons. The summed E-state index contributed by atoms with van der Waals surface area (Å²) in [5.41, 5.74) is 1.07. The zero-order valence-electron chi connectivity index (χ0n) is 9.05. The number of thioether (sulfide) groups is 1. The van der Waals surface area contributed by atoms with Gasteiger partial charge in [0.05, 0.1) is 6.61 Å². The van der Waals surface area contributed by atoms with E-state index < -0.39 is 0 Å². The third-order valence-electron chi connectivity index (χ3n) is 2.84. The molecular formula is C12H15FOS. The first kappa shape index (κ1) is 10.8. The molecular weight excluding hydrogens is 211 g/mol. The van der Waals surface area contributed by atoms with E-state index in [0.717, 1.165) is 12.0 Å². The number of rotatable bonds is 3. The molecule has 1 heterocycles. The van der Waals surface area contributed by atoms with Crippen LogP contribution in [0.4, 0.5) is 4.39 Å². The lowest BCUT2D eigenvalue weighted by atomic mass is 9.96. The Bertz CT molecular complexity index is 361. The van der Waals surface area contributed by atoms with Crippen molar-refractivity contribution in [3.8, 4) is 5.75 Å². The highest BCUT2D eigenvalue weighted by molar-refractivity contribution is 8.01. The van der Waals surface area contributed by atoms with E-state index in [1.54, 1.807) is 12.1 Å².